The summed E-state index contributed by atoms with van der Waals surface area (Å²) < 4.78 is 26.9. The first-order valence-electron chi connectivity index (χ1n) is 9.20. The summed E-state index contributed by atoms with van der Waals surface area (Å²) in [5, 5.41) is 0. The standard InChI is InChI=1S/C20H27N3O3S/c1-15-4-6-18(7-5-15)14-27(25,26)23-10-8-22(9-11-23)13-20(24)19-12-16(2)21-17(19)3/h4-7,12,21H,8-11,13-14H2,1-3H3. The molecule has 2 heterocycles. The van der Waals surface area contributed by atoms with Crippen LogP contribution in [0.2, 0.25) is 0 Å². The smallest absolute Gasteiger partial charge is 0.218 e. The number of ketones is 1. The predicted molar refractivity (Wildman–Crippen MR) is 106 cm³/mol. The van der Waals surface area contributed by atoms with E-state index in [4.69, 9.17) is 0 Å². The minimum absolute atomic E-state index is 0.0219. The van der Waals surface area contributed by atoms with Gasteiger partial charge in [-0.25, -0.2) is 8.42 Å². The molecule has 0 radical (unpaired) electrons. The molecule has 1 aromatic carbocycles. The van der Waals surface area contributed by atoms with Gasteiger partial charge in [0.2, 0.25) is 10.0 Å². The maximum absolute atomic E-state index is 12.7. The summed E-state index contributed by atoms with van der Waals surface area (Å²) in [5.41, 5.74) is 4.50. The largest absolute Gasteiger partial charge is 0.362 e. The molecule has 0 bridgehead atoms. The van der Waals surface area contributed by atoms with E-state index >= 15 is 0 Å². The maximum atomic E-state index is 12.7. The molecule has 146 valence electrons. The number of H-pyrrole nitrogens is 1. The Hall–Kier alpha value is -1.96. The molecule has 1 aromatic heterocycles. The molecule has 1 aliphatic heterocycles. The van der Waals surface area contributed by atoms with Crippen molar-refractivity contribution >= 4 is 15.8 Å². The summed E-state index contributed by atoms with van der Waals surface area (Å²) in [7, 11) is -3.34. The number of hydrogen-bond donors (Lipinski definition) is 1. The van der Waals surface area contributed by atoms with Crippen molar-refractivity contribution in [1.29, 1.82) is 0 Å². The predicted octanol–water partition coefficient (Wildman–Crippen LogP) is 2.27. The summed E-state index contributed by atoms with van der Waals surface area (Å²) >= 11 is 0. The lowest BCUT2D eigenvalue weighted by molar-refractivity contribution is 0.0901. The van der Waals surface area contributed by atoms with Crippen LogP contribution in [0.4, 0.5) is 0 Å². The average Bonchev–Trinajstić information content (AvgIpc) is 2.96. The molecule has 0 amide bonds. The van der Waals surface area contributed by atoms with E-state index in [-0.39, 0.29) is 11.5 Å². The summed E-state index contributed by atoms with van der Waals surface area (Å²) in [5.74, 6) is 0.0985. The number of carbonyl (C=O) groups is 1. The Balaban J connectivity index is 1.55. The number of nitrogens with one attached hydrogen (secondary N) is 1. The lowest BCUT2D eigenvalue weighted by Crippen LogP contribution is -2.50. The molecule has 0 aliphatic carbocycles. The fraction of sp³-hybridized carbons (Fsp3) is 0.450. The van der Waals surface area contributed by atoms with E-state index in [0.29, 0.717) is 32.7 Å². The molecular weight excluding hydrogens is 362 g/mol. The van der Waals surface area contributed by atoms with Crippen molar-refractivity contribution < 1.29 is 13.2 Å². The third-order valence-corrected chi connectivity index (χ3v) is 6.86. The van der Waals surface area contributed by atoms with E-state index in [9.17, 15) is 13.2 Å². The number of sulfonamides is 1. The number of aryl methyl sites for hydroxylation is 3. The first-order valence-corrected chi connectivity index (χ1v) is 10.8. The number of benzene rings is 1. The minimum Gasteiger partial charge on any atom is -0.362 e. The molecule has 1 N–H and O–H groups in total. The van der Waals surface area contributed by atoms with E-state index in [1.165, 1.54) is 0 Å². The molecule has 2 aromatic rings. The number of aromatic amines is 1. The van der Waals surface area contributed by atoms with Gasteiger partial charge in [0.15, 0.2) is 5.78 Å². The average molecular weight is 390 g/mol. The normalized spacial score (nSPS) is 16.6. The van der Waals surface area contributed by atoms with Crippen molar-refractivity contribution in [2.24, 2.45) is 0 Å². The van der Waals surface area contributed by atoms with Gasteiger partial charge >= 0.3 is 0 Å². The van der Waals surface area contributed by atoms with Crippen LogP contribution in [0.3, 0.4) is 0 Å². The van der Waals surface area contributed by atoms with Crippen LogP contribution in [0.1, 0.15) is 32.9 Å². The van der Waals surface area contributed by atoms with Crippen LogP contribution in [0.5, 0.6) is 0 Å². The van der Waals surface area contributed by atoms with E-state index in [0.717, 1.165) is 28.1 Å². The van der Waals surface area contributed by atoms with E-state index in [2.05, 4.69) is 4.98 Å². The van der Waals surface area contributed by atoms with E-state index in [1.807, 2.05) is 56.0 Å². The fourth-order valence-electron chi connectivity index (χ4n) is 3.45. The first kappa shape index (κ1) is 19.8. The van der Waals surface area contributed by atoms with Crippen molar-refractivity contribution in [1.82, 2.24) is 14.2 Å². The molecule has 6 nitrogen and oxygen atoms in total. The van der Waals surface area contributed by atoms with Gasteiger partial charge in [0.1, 0.15) is 0 Å². The second-order valence-electron chi connectivity index (χ2n) is 7.33. The number of Topliss-reactive ketones (excluding diaryl/α,β-unsaturated/α-hetero) is 1. The summed E-state index contributed by atoms with van der Waals surface area (Å²) in [6, 6.07) is 9.46. The van der Waals surface area contributed by atoms with Crippen molar-refractivity contribution in [3.05, 3.63) is 58.4 Å². The maximum Gasteiger partial charge on any atom is 0.218 e. The van der Waals surface area contributed by atoms with Crippen molar-refractivity contribution in [3.8, 4) is 0 Å². The Bertz CT molecular complexity index is 908. The Morgan fingerprint density at radius 2 is 1.67 bits per heavy atom. The van der Waals surface area contributed by atoms with Gasteiger partial charge in [0.25, 0.3) is 0 Å². The zero-order valence-corrected chi connectivity index (χ0v) is 17.0. The Morgan fingerprint density at radius 3 is 2.22 bits per heavy atom. The lowest BCUT2D eigenvalue weighted by Gasteiger charge is -2.33. The monoisotopic (exact) mass is 389 g/mol. The summed E-state index contributed by atoms with van der Waals surface area (Å²) in [4.78, 5) is 17.7. The first-order chi connectivity index (χ1) is 12.7. The van der Waals surface area contributed by atoms with Crippen LogP contribution >= 0.6 is 0 Å². The second-order valence-corrected chi connectivity index (χ2v) is 9.30. The van der Waals surface area contributed by atoms with E-state index in [1.54, 1.807) is 4.31 Å². The fourth-order valence-corrected chi connectivity index (χ4v) is 4.97. The van der Waals surface area contributed by atoms with Crippen LogP contribution in [0, 0.1) is 20.8 Å². The molecule has 0 unspecified atom stereocenters. The SMILES string of the molecule is Cc1ccc(CS(=O)(=O)N2CCN(CC(=O)c3cc(C)[nH]c3C)CC2)cc1. The molecule has 0 atom stereocenters. The van der Waals surface area contributed by atoms with Gasteiger partial charge in [-0.15, -0.1) is 0 Å². The highest BCUT2D eigenvalue weighted by atomic mass is 32.2. The molecular formula is C20H27N3O3S. The van der Waals surface area contributed by atoms with Gasteiger partial charge in [-0.1, -0.05) is 29.8 Å². The van der Waals surface area contributed by atoms with Gasteiger partial charge in [0, 0.05) is 43.1 Å². The van der Waals surface area contributed by atoms with Crippen LogP contribution in [0.25, 0.3) is 0 Å². The Kier molecular flexibility index (Phi) is 5.83. The minimum atomic E-state index is -3.34. The zero-order valence-electron chi connectivity index (χ0n) is 16.2. The van der Waals surface area contributed by atoms with Gasteiger partial charge in [0.05, 0.1) is 12.3 Å². The number of carbonyl (C=O) groups excluding carboxylic acids is 1. The third kappa shape index (κ3) is 4.86. The Morgan fingerprint density at radius 1 is 1.04 bits per heavy atom. The lowest BCUT2D eigenvalue weighted by atomic mass is 10.1. The van der Waals surface area contributed by atoms with Gasteiger partial charge in [-0.05, 0) is 32.4 Å². The highest BCUT2D eigenvalue weighted by Crippen LogP contribution is 2.16. The van der Waals surface area contributed by atoms with Crippen molar-refractivity contribution in [3.63, 3.8) is 0 Å². The molecule has 0 spiro atoms. The van der Waals surface area contributed by atoms with Crippen LogP contribution in [-0.4, -0.2) is 61.1 Å². The molecule has 27 heavy (non-hydrogen) atoms. The quantitative estimate of drug-likeness (QED) is 0.769. The van der Waals surface area contributed by atoms with Crippen molar-refractivity contribution in [2.75, 3.05) is 32.7 Å². The topological polar surface area (TPSA) is 73.5 Å². The molecule has 1 fully saturated rings. The zero-order chi connectivity index (χ0) is 19.6. The Labute approximate surface area is 161 Å². The molecule has 3 rings (SSSR count). The second kappa shape index (κ2) is 7.96. The summed E-state index contributed by atoms with van der Waals surface area (Å²) in [6.07, 6.45) is 0. The molecule has 1 aliphatic rings. The van der Waals surface area contributed by atoms with Gasteiger partial charge in [-0.3, -0.25) is 9.69 Å². The van der Waals surface area contributed by atoms with Crippen LogP contribution in [-0.2, 0) is 15.8 Å². The molecule has 0 saturated carbocycles. The van der Waals surface area contributed by atoms with Gasteiger partial charge < -0.3 is 4.98 Å². The van der Waals surface area contributed by atoms with E-state index < -0.39 is 10.0 Å². The number of rotatable bonds is 6. The molecule has 7 heteroatoms. The highest BCUT2D eigenvalue weighted by molar-refractivity contribution is 7.88. The van der Waals surface area contributed by atoms with Crippen LogP contribution < -0.4 is 0 Å². The summed E-state index contributed by atoms with van der Waals surface area (Å²) in [6.45, 7) is 8.12. The number of piperazine rings is 1. The number of hydrogen-bond acceptors (Lipinski definition) is 4. The molecule has 1 saturated heterocycles. The van der Waals surface area contributed by atoms with Crippen molar-refractivity contribution in [2.45, 2.75) is 26.5 Å². The highest BCUT2D eigenvalue weighted by Gasteiger charge is 2.28. The third-order valence-electron chi connectivity index (χ3n) is 5.01. The van der Waals surface area contributed by atoms with Crippen LogP contribution in [0.15, 0.2) is 30.3 Å². The number of aromatic nitrogens is 1. The van der Waals surface area contributed by atoms with Gasteiger partial charge in [-0.2, -0.15) is 4.31 Å². The number of nitrogens with zero attached hydrogens (tertiary/aromatic N) is 2.